The van der Waals surface area contributed by atoms with Crippen molar-refractivity contribution in [1.82, 2.24) is 9.80 Å². The van der Waals surface area contributed by atoms with Gasteiger partial charge in [0.2, 0.25) is 0 Å². The van der Waals surface area contributed by atoms with Crippen molar-refractivity contribution in [3.8, 4) is 5.75 Å². The fourth-order valence-corrected chi connectivity index (χ4v) is 3.54. The lowest BCUT2D eigenvalue weighted by Gasteiger charge is -2.31. The summed E-state index contributed by atoms with van der Waals surface area (Å²) in [5, 5.41) is 0.722. The number of methoxy groups -OCH3 is 1. The summed E-state index contributed by atoms with van der Waals surface area (Å²) in [6, 6.07) is 5.84. The molecule has 21 heavy (non-hydrogen) atoms. The highest BCUT2D eigenvalue weighted by Gasteiger charge is 2.26. The number of benzene rings is 1. The van der Waals surface area contributed by atoms with Crippen LogP contribution in [0.3, 0.4) is 0 Å². The van der Waals surface area contributed by atoms with Gasteiger partial charge in [0.1, 0.15) is 5.75 Å². The van der Waals surface area contributed by atoms with Crippen LogP contribution in [-0.4, -0.2) is 57.2 Å². The summed E-state index contributed by atoms with van der Waals surface area (Å²) in [7, 11) is 5.98. The zero-order chi connectivity index (χ0) is 15.4. The molecule has 0 bridgehead atoms. The summed E-state index contributed by atoms with van der Waals surface area (Å²) in [5.74, 6) is 1.51. The van der Waals surface area contributed by atoms with E-state index in [1.54, 1.807) is 7.11 Å². The summed E-state index contributed by atoms with van der Waals surface area (Å²) in [4.78, 5) is 4.69. The van der Waals surface area contributed by atoms with Crippen molar-refractivity contribution in [3.05, 3.63) is 28.8 Å². The first-order chi connectivity index (χ1) is 10.1. The number of hydrogen-bond acceptors (Lipinski definition) is 4. The van der Waals surface area contributed by atoms with Gasteiger partial charge in [0.15, 0.2) is 0 Å². The molecular formula is C16H26ClN3O. The number of likely N-dealkylation sites (tertiary alicyclic amines) is 1. The van der Waals surface area contributed by atoms with Gasteiger partial charge in [-0.25, -0.2) is 0 Å². The van der Waals surface area contributed by atoms with E-state index in [1.807, 2.05) is 18.2 Å². The highest BCUT2D eigenvalue weighted by Crippen LogP contribution is 2.35. The van der Waals surface area contributed by atoms with Gasteiger partial charge in [-0.3, -0.25) is 4.90 Å². The van der Waals surface area contributed by atoms with E-state index in [0.29, 0.717) is 12.5 Å². The molecule has 1 aromatic rings. The molecule has 118 valence electrons. The second-order valence-electron chi connectivity index (χ2n) is 5.96. The molecule has 0 aliphatic carbocycles. The highest BCUT2D eigenvalue weighted by molar-refractivity contribution is 6.31. The number of hydrogen-bond donors (Lipinski definition) is 1. The lowest BCUT2D eigenvalue weighted by atomic mass is 10.0. The van der Waals surface area contributed by atoms with E-state index in [2.05, 4.69) is 23.9 Å². The molecule has 1 aromatic carbocycles. The normalized spacial score (nSPS) is 21.0. The Bertz CT molecular complexity index is 469. The minimum Gasteiger partial charge on any atom is -0.496 e. The molecule has 0 aromatic heterocycles. The third-order valence-corrected chi connectivity index (χ3v) is 4.69. The van der Waals surface area contributed by atoms with Crippen LogP contribution in [-0.2, 0) is 0 Å². The maximum atomic E-state index is 6.40. The van der Waals surface area contributed by atoms with Gasteiger partial charge in [-0.1, -0.05) is 17.7 Å². The molecule has 1 aliphatic rings. The van der Waals surface area contributed by atoms with Crippen molar-refractivity contribution < 1.29 is 4.74 Å². The predicted molar refractivity (Wildman–Crippen MR) is 88.0 cm³/mol. The molecule has 4 nitrogen and oxygen atoms in total. The van der Waals surface area contributed by atoms with Gasteiger partial charge in [-0.15, -0.1) is 0 Å². The standard InChI is InChI=1S/C16H26ClN3O/c1-19-8-7-12(10-19)11-20(2)14(9-18)16-13(17)5-4-6-15(16)21-3/h4-6,12,14H,7-11,18H2,1-3H3. The molecule has 0 saturated carbocycles. The van der Waals surface area contributed by atoms with Crippen molar-refractivity contribution in [3.63, 3.8) is 0 Å². The number of nitrogens with zero attached hydrogens (tertiary/aromatic N) is 2. The number of rotatable bonds is 6. The van der Waals surface area contributed by atoms with Crippen LogP contribution >= 0.6 is 11.6 Å². The third-order valence-electron chi connectivity index (χ3n) is 4.36. The molecule has 1 aliphatic heterocycles. The average Bonchev–Trinajstić information content (AvgIpc) is 2.86. The first-order valence-electron chi connectivity index (χ1n) is 7.48. The van der Waals surface area contributed by atoms with Crippen LogP contribution in [0.5, 0.6) is 5.75 Å². The number of nitrogens with two attached hydrogens (primary N) is 1. The van der Waals surface area contributed by atoms with E-state index >= 15 is 0 Å². The van der Waals surface area contributed by atoms with Crippen LogP contribution in [0, 0.1) is 5.92 Å². The van der Waals surface area contributed by atoms with E-state index < -0.39 is 0 Å². The number of ether oxygens (including phenoxy) is 1. The zero-order valence-corrected chi connectivity index (χ0v) is 13.9. The fourth-order valence-electron chi connectivity index (χ4n) is 3.25. The van der Waals surface area contributed by atoms with Crippen molar-refractivity contribution in [2.24, 2.45) is 11.7 Å². The van der Waals surface area contributed by atoms with E-state index in [1.165, 1.54) is 13.0 Å². The molecular weight excluding hydrogens is 286 g/mol. The van der Waals surface area contributed by atoms with Crippen molar-refractivity contribution in [2.45, 2.75) is 12.5 Å². The van der Waals surface area contributed by atoms with Crippen LogP contribution in [0.4, 0.5) is 0 Å². The Morgan fingerprint density at radius 3 is 2.86 bits per heavy atom. The van der Waals surface area contributed by atoms with Crippen LogP contribution < -0.4 is 10.5 Å². The van der Waals surface area contributed by atoms with Gasteiger partial charge in [0.05, 0.1) is 13.2 Å². The SMILES string of the molecule is COc1cccc(Cl)c1C(CN)N(C)CC1CCN(C)C1. The van der Waals surface area contributed by atoms with Gasteiger partial charge in [-0.05, 0) is 45.1 Å². The van der Waals surface area contributed by atoms with Gasteiger partial charge < -0.3 is 15.4 Å². The Morgan fingerprint density at radius 1 is 1.52 bits per heavy atom. The lowest BCUT2D eigenvalue weighted by Crippen LogP contribution is -2.35. The van der Waals surface area contributed by atoms with E-state index in [-0.39, 0.29) is 6.04 Å². The van der Waals surface area contributed by atoms with Crippen LogP contribution in [0.2, 0.25) is 5.02 Å². The van der Waals surface area contributed by atoms with Gasteiger partial charge >= 0.3 is 0 Å². The first-order valence-corrected chi connectivity index (χ1v) is 7.85. The molecule has 2 unspecified atom stereocenters. The van der Waals surface area contributed by atoms with Crippen molar-refractivity contribution in [2.75, 3.05) is 47.4 Å². The van der Waals surface area contributed by atoms with Gasteiger partial charge in [0, 0.05) is 30.2 Å². The fraction of sp³-hybridized carbons (Fsp3) is 0.625. The molecule has 1 fully saturated rings. The van der Waals surface area contributed by atoms with E-state index in [4.69, 9.17) is 22.1 Å². The van der Waals surface area contributed by atoms with Crippen LogP contribution in [0.25, 0.3) is 0 Å². The maximum absolute atomic E-state index is 6.40. The second-order valence-corrected chi connectivity index (χ2v) is 6.37. The molecule has 5 heteroatoms. The Hall–Kier alpha value is -0.810. The zero-order valence-electron chi connectivity index (χ0n) is 13.2. The minimum absolute atomic E-state index is 0.0829. The van der Waals surface area contributed by atoms with E-state index in [9.17, 15) is 0 Å². The van der Waals surface area contributed by atoms with Gasteiger partial charge in [0.25, 0.3) is 0 Å². The summed E-state index contributed by atoms with van der Waals surface area (Å²) in [6.07, 6.45) is 1.25. The molecule has 2 atom stereocenters. The smallest absolute Gasteiger partial charge is 0.125 e. The monoisotopic (exact) mass is 311 g/mol. The largest absolute Gasteiger partial charge is 0.496 e. The number of halogens is 1. The Labute approximate surface area is 132 Å². The topological polar surface area (TPSA) is 41.7 Å². The molecule has 1 saturated heterocycles. The first kappa shape index (κ1) is 16.6. The van der Waals surface area contributed by atoms with Gasteiger partial charge in [-0.2, -0.15) is 0 Å². The van der Waals surface area contributed by atoms with Crippen molar-refractivity contribution >= 4 is 11.6 Å². The molecule has 0 spiro atoms. The predicted octanol–water partition coefficient (Wildman–Crippen LogP) is 2.23. The van der Waals surface area contributed by atoms with Crippen molar-refractivity contribution in [1.29, 1.82) is 0 Å². The third kappa shape index (κ3) is 3.89. The van der Waals surface area contributed by atoms with Crippen LogP contribution in [0.1, 0.15) is 18.0 Å². The lowest BCUT2D eigenvalue weighted by molar-refractivity contribution is 0.208. The average molecular weight is 312 g/mol. The maximum Gasteiger partial charge on any atom is 0.125 e. The second kappa shape index (κ2) is 7.45. The minimum atomic E-state index is 0.0829. The molecule has 0 radical (unpaired) electrons. The number of likely N-dealkylation sites (N-methyl/N-ethyl adjacent to an activating group) is 1. The Balaban J connectivity index is 2.15. The quantitative estimate of drug-likeness (QED) is 0.875. The summed E-state index contributed by atoms with van der Waals surface area (Å²) in [5.41, 5.74) is 7.03. The summed E-state index contributed by atoms with van der Waals surface area (Å²) >= 11 is 6.40. The van der Waals surface area contributed by atoms with Crippen LogP contribution in [0.15, 0.2) is 18.2 Å². The highest BCUT2D eigenvalue weighted by atomic mass is 35.5. The summed E-state index contributed by atoms with van der Waals surface area (Å²) in [6.45, 7) is 3.89. The molecule has 1 heterocycles. The Morgan fingerprint density at radius 2 is 2.29 bits per heavy atom. The molecule has 2 rings (SSSR count). The van der Waals surface area contributed by atoms with E-state index in [0.717, 1.165) is 29.4 Å². The Kier molecular flexibility index (Phi) is 5.88. The summed E-state index contributed by atoms with van der Waals surface area (Å²) < 4.78 is 5.47. The molecule has 2 N–H and O–H groups in total. The molecule has 0 amide bonds.